The maximum Gasteiger partial charge on any atom is 0.249 e. The molecule has 1 aromatic carbocycles. The van der Waals surface area contributed by atoms with Gasteiger partial charge in [0.05, 0.1) is 17.5 Å². The molecule has 23 heavy (non-hydrogen) atoms. The summed E-state index contributed by atoms with van der Waals surface area (Å²) in [5.41, 5.74) is 7.52. The highest BCUT2D eigenvalue weighted by molar-refractivity contribution is 5.81. The van der Waals surface area contributed by atoms with Crippen LogP contribution in [0.15, 0.2) is 42.6 Å². The van der Waals surface area contributed by atoms with Gasteiger partial charge >= 0.3 is 0 Å². The molecule has 6 nitrogen and oxygen atoms in total. The van der Waals surface area contributed by atoms with Gasteiger partial charge in [0, 0.05) is 25.7 Å². The Bertz CT molecular complexity index is 641. The second-order valence-corrected chi connectivity index (χ2v) is 5.69. The van der Waals surface area contributed by atoms with E-state index in [0.29, 0.717) is 19.5 Å². The highest BCUT2D eigenvalue weighted by atomic mass is 16.5. The standard InChI is InChI=1S/C17H22N4O2/c18-12-15-6-7-16(23-15)17(22)19-10-8-13-9-11-21(20-13)14-4-2-1-3-5-14/h1-5,9,11,15-16H,6-8,10,12,18H2,(H,19,22)/t15-,16+/m1/s1. The molecule has 1 amide bonds. The molecule has 2 atom stereocenters. The van der Waals surface area contributed by atoms with E-state index in [2.05, 4.69) is 10.4 Å². The van der Waals surface area contributed by atoms with Crippen LogP contribution in [-0.4, -0.2) is 41.0 Å². The molecule has 0 aliphatic carbocycles. The number of amides is 1. The minimum Gasteiger partial charge on any atom is -0.364 e. The Morgan fingerprint density at radius 3 is 2.87 bits per heavy atom. The number of hydrogen-bond acceptors (Lipinski definition) is 4. The van der Waals surface area contributed by atoms with E-state index in [9.17, 15) is 4.79 Å². The van der Waals surface area contributed by atoms with E-state index in [1.54, 1.807) is 0 Å². The Labute approximate surface area is 135 Å². The van der Waals surface area contributed by atoms with Crippen molar-refractivity contribution in [1.29, 1.82) is 0 Å². The van der Waals surface area contributed by atoms with Crippen LogP contribution in [-0.2, 0) is 16.0 Å². The molecule has 1 aliphatic heterocycles. The van der Waals surface area contributed by atoms with Gasteiger partial charge in [0.25, 0.3) is 0 Å². The van der Waals surface area contributed by atoms with Crippen LogP contribution in [0.3, 0.4) is 0 Å². The largest absolute Gasteiger partial charge is 0.364 e. The summed E-state index contributed by atoms with van der Waals surface area (Å²) >= 11 is 0. The fourth-order valence-corrected chi connectivity index (χ4v) is 2.72. The Morgan fingerprint density at radius 1 is 1.30 bits per heavy atom. The van der Waals surface area contributed by atoms with Crippen molar-refractivity contribution in [3.05, 3.63) is 48.3 Å². The smallest absolute Gasteiger partial charge is 0.249 e. The Hall–Kier alpha value is -2.18. The van der Waals surface area contributed by atoms with Crippen LogP contribution in [0.25, 0.3) is 5.69 Å². The molecule has 122 valence electrons. The van der Waals surface area contributed by atoms with Gasteiger partial charge < -0.3 is 15.8 Å². The highest BCUT2D eigenvalue weighted by Gasteiger charge is 2.29. The van der Waals surface area contributed by atoms with E-state index in [1.807, 2.05) is 47.3 Å². The van der Waals surface area contributed by atoms with Gasteiger partial charge in [0.2, 0.25) is 5.91 Å². The van der Waals surface area contributed by atoms with Gasteiger partial charge in [0.1, 0.15) is 6.10 Å². The highest BCUT2D eigenvalue weighted by Crippen LogP contribution is 2.18. The van der Waals surface area contributed by atoms with Gasteiger partial charge in [-0.05, 0) is 31.0 Å². The quantitative estimate of drug-likeness (QED) is 0.834. The first-order valence-corrected chi connectivity index (χ1v) is 7.99. The van der Waals surface area contributed by atoms with Gasteiger partial charge in [-0.25, -0.2) is 4.68 Å². The number of nitrogens with one attached hydrogen (secondary N) is 1. The third-order valence-corrected chi connectivity index (χ3v) is 4.01. The van der Waals surface area contributed by atoms with E-state index in [0.717, 1.165) is 24.2 Å². The lowest BCUT2D eigenvalue weighted by molar-refractivity contribution is -0.131. The fourth-order valence-electron chi connectivity index (χ4n) is 2.72. The first-order valence-electron chi connectivity index (χ1n) is 7.99. The van der Waals surface area contributed by atoms with Gasteiger partial charge in [-0.15, -0.1) is 0 Å². The summed E-state index contributed by atoms with van der Waals surface area (Å²) in [6.45, 7) is 1.03. The fraction of sp³-hybridized carbons (Fsp3) is 0.412. The molecule has 0 saturated carbocycles. The molecule has 2 heterocycles. The summed E-state index contributed by atoms with van der Waals surface area (Å²) in [5, 5.41) is 7.43. The lowest BCUT2D eigenvalue weighted by Crippen LogP contribution is -2.36. The second-order valence-electron chi connectivity index (χ2n) is 5.69. The van der Waals surface area contributed by atoms with Crippen molar-refractivity contribution < 1.29 is 9.53 Å². The topological polar surface area (TPSA) is 82.2 Å². The molecule has 3 rings (SSSR count). The molecule has 6 heteroatoms. The normalized spacial score (nSPS) is 20.6. The number of ether oxygens (including phenoxy) is 1. The van der Waals surface area contributed by atoms with Crippen LogP contribution < -0.4 is 11.1 Å². The molecule has 1 fully saturated rings. The number of carbonyl (C=O) groups is 1. The van der Waals surface area contributed by atoms with Crippen LogP contribution in [0.2, 0.25) is 0 Å². The SMILES string of the molecule is NC[C@H]1CC[C@@H](C(=O)NCCc2ccn(-c3ccccc3)n2)O1. The molecule has 0 spiro atoms. The van der Waals surface area contributed by atoms with Crippen LogP contribution in [0.5, 0.6) is 0 Å². The summed E-state index contributed by atoms with van der Waals surface area (Å²) in [6.07, 6.45) is 3.89. The third kappa shape index (κ3) is 3.97. The summed E-state index contributed by atoms with van der Waals surface area (Å²) in [7, 11) is 0. The van der Waals surface area contributed by atoms with Gasteiger partial charge in [-0.1, -0.05) is 18.2 Å². The second kappa shape index (κ2) is 7.39. The number of hydrogen-bond donors (Lipinski definition) is 2. The third-order valence-electron chi connectivity index (χ3n) is 4.01. The van der Waals surface area contributed by atoms with Gasteiger partial charge in [0.15, 0.2) is 0 Å². The molecule has 0 unspecified atom stereocenters. The summed E-state index contributed by atoms with van der Waals surface area (Å²) < 4.78 is 7.42. The number of aromatic nitrogens is 2. The Kier molecular flexibility index (Phi) is 5.05. The lowest BCUT2D eigenvalue weighted by Gasteiger charge is -2.12. The zero-order valence-electron chi connectivity index (χ0n) is 13.0. The van der Waals surface area contributed by atoms with Gasteiger partial charge in [-0.3, -0.25) is 4.79 Å². The van der Waals surface area contributed by atoms with Crippen LogP contribution in [0, 0.1) is 0 Å². The average Bonchev–Trinajstić information content (AvgIpc) is 3.25. The summed E-state index contributed by atoms with van der Waals surface area (Å²) in [4.78, 5) is 12.0. The van der Waals surface area contributed by atoms with Crippen molar-refractivity contribution in [2.24, 2.45) is 5.73 Å². The number of carbonyl (C=O) groups excluding carboxylic acids is 1. The van der Waals surface area contributed by atoms with Crippen LogP contribution >= 0.6 is 0 Å². The minimum absolute atomic E-state index is 0.0207. The van der Waals surface area contributed by atoms with Crippen molar-refractivity contribution in [2.45, 2.75) is 31.5 Å². The van der Waals surface area contributed by atoms with Gasteiger partial charge in [-0.2, -0.15) is 5.10 Å². The first kappa shape index (κ1) is 15.7. The predicted octanol–water partition coefficient (Wildman–Crippen LogP) is 1.04. The zero-order valence-corrected chi connectivity index (χ0v) is 13.0. The predicted molar refractivity (Wildman–Crippen MR) is 87.2 cm³/mol. The number of para-hydroxylation sites is 1. The van der Waals surface area contributed by atoms with Crippen molar-refractivity contribution >= 4 is 5.91 Å². The number of nitrogens with zero attached hydrogens (tertiary/aromatic N) is 2. The zero-order chi connectivity index (χ0) is 16.1. The van der Waals surface area contributed by atoms with E-state index < -0.39 is 0 Å². The number of nitrogens with two attached hydrogens (primary N) is 1. The Balaban J connectivity index is 1.46. The van der Waals surface area contributed by atoms with Crippen molar-refractivity contribution in [2.75, 3.05) is 13.1 Å². The number of rotatable bonds is 6. The maximum atomic E-state index is 12.0. The van der Waals surface area contributed by atoms with Crippen LogP contribution in [0.4, 0.5) is 0 Å². The molecule has 0 radical (unpaired) electrons. The van der Waals surface area contributed by atoms with E-state index >= 15 is 0 Å². The van der Waals surface area contributed by atoms with Crippen LogP contribution in [0.1, 0.15) is 18.5 Å². The maximum absolute atomic E-state index is 12.0. The monoisotopic (exact) mass is 314 g/mol. The molecule has 1 aromatic heterocycles. The summed E-state index contributed by atoms with van der Waals surface area (Å²) in [6, 6.07) is 11.9. The summed E-state index contributed by atoms with van der Waals surface area (Å²) in [5.74, 6) is -0.0524. The van der Waals surface area contributed by atoms with Crippen molar-refractivity contribution in [3.8, 4) is 5.69 Å². The Morgan fingerprint density at radius 2 is 2.13 bits per heavy atom. The molecular weight excluding hydrogens is 292 g/mol. The van der Waals surface area contributed by atoms with Crippen molar-refractivity contribution in [1.82, 2.24) is 15.1 Å². The lowest BCUT2D eigenvalue weighted by atomic mass is 10.2. The van der Waals surface area contributed by atoms with E-state index in [1.165, 1.54) is 0 Å². The number of benzene rings is 1. The molecule has 3 N–H and O–H groups in total. The molecule has 1 saturated heterocycles. The van der Waals surface area contributed by atoms with E-state index in [4.69, 9.17) is 10.5 Å². The minimum atomic E-state index is -0.356. The molecule has 1 aliphatic rings. The first-order chi connectivity index (χ1) is 11.3. The molecule has 2 aromatic rings. The van der Waals surface area contributed by atoms with E-state index in [-0.39, 0.29) is 18.1 Å². The van der Waals surface area contributed by atoms with Crippen molar-refractivity contribution in [3.63, 3.8) is 0 Å². The molecule has 0 bridgehead atoms. The average molecular weight is 314 g/mol. The molecular formula is C17H22N4O2.